The molecule has 1 aromatic carbocycles. The Hall–Kier alpha value is -1.35. The fraction of sp³-hybridized carbons (Fsp3) is 0.500. The Morgan fingerprint density at radius 2 is 2.00 bits per heavy atom. The summed E-state index contributed by atoms with van der Waals surface area (Å²) in [4.78, 5) is 16.7. The normalized spacial score (nSPS) is 26.9. The molecule has 17 heavy (non-hydrogen) atoms. The molecule has 1 saturated heterocycles. The van der Waals surface area contributed by atoms with Gasteiger partial charge in [0.15, 0.2) is 0 Å². The molecule has 0 saturated carbocycles. The third-order valence-electron chi connectivity index (χ3n) is 4.22. The fourth-order valence-electron chi connectivity index (χ4n) is 2.87. The van der Waals surface area contributed by atoms with Gasteiger partial charge in [0.2, 0.25) is 0 Å². The van der Waals surface area contributed by atoms with Gasteiger partial charge in [0.25, 0.3) is 5.91 Å². The molecule has 3 nitrogen and oxygen atoms in total. The maximum Gasteiger partial charge on any atom is 0.254 e. The lowest BCUT2D eigenvalue weighted by Gasteiger charge is -2.47. The van der Waals surface area contributed by atoms with E-state index >= 15 is 0 Å². The number of benzene rings is 1. The lowest BCUT2D eigenvalue weighted by molar-refractivity contribution is 0.00949. The monoisotopic (exact) mass is 230 g/mol. The molecule has 2 heterocycles. The number of amides is 1. The molecule has 0 N–H and O–H groups in total. The second-order valence-corrected chi connectivity index (χ2v) is 5.73. The van der Waals surface area contributed by atoms with Gasteiger partial charge in [-0.2, -0.15) is 0 Å². The molecule has 3 heteroatoms. The Labute approximate surface area is 102 Å². The molecule has 0 radical (unpaired) electrons. The molecule has 1 amide bonds. The van der Waals surface area contributed by atoms with Crippen LogP contribution in [0.5, 0.6) is 0 Å². The van der Waals surface area contributed by atoms with E-state index in [-0.39, 0.29) is 17.5 Å². The van der Waals surface area contributed by atoms with E-state index in [2.05, 4.69) is 31.9 Å². The summed E-state index contributed by atoms with van der Waals surface area (Å²) in [6.07, 6.45) is 0. The largest absolute Gasteiger partial charge is 0.328 e. The number of hydrogen-bond acceptors (Lipinski definition) is 2. The van der Waals surface area contributed by atoms with Crippen molar-refractivity contribution in [3.05, 3.63) is 35.4 Å². The first-order valence-electron chi connectivity index (χ1n) is 6.12. The van der Waals surface area contributed by atoms with Crippen LogP contribution in [0, 0.1) is 0 Å². The van der Waals surface area contributed by atoms with E-state index in [1.54, 1.807) is 0 Å². The first kappa shape index (κ1) is 10.8. The van der Waals surface area contributed by atoms with Gasteiger partial charge in [-0.15, -0.1) is 0 Å². The quantitative estimate of drug-likeness (QED) is 0.679. The molecule has 2 aliphatic rings. The van der Waals surface area contributed by atoms with Crippen molar-refractivity contribution in [2.75, 3.05) is 20.1 Å². The number of carbonyl (C=O) groups excluding carboxylic acids is 1. The molecule has 0 bridgehead atoms. The number of fused-ring (bicyclic) bond motifs is 3. The number of carbonyl (C=O) groups is 1. The van der Waals surface area contributed by atoms with E-state index in [0.717, 1.165) is 18.7 Å². The Kier molecular flexibility index (Phi) is 2.11. The lowest BCUT2D eigenvalue weighted by Crippen LogP contribution is -2.58. The Balaban J connectivity index is 2.04. The van der Waals surface area contributed by atoms with E-state index < -0.39 is 0 Å². The molecule has 0 spiro atoms. The molecule has 0 aliphatic carbocycles. The minimum Gasteiger partial charge on any atom is -0.328 e. The predicted octanol–water partition coefficient (Wildman–Crippen LogP) is 1.91. The number of rotatable bonds is 0. The summed E-state index contributed by atoms with van der Waals surface area (Å²) in [6, 6.07) is 8.25. The molecular weight excluding hydrogens is 212 g/mol. The number of nitrogens with zero attached hydrogens (tertiary/aromatic N) is 2. The van der Waals surface area contributed by atoms with E-state index in [4.69, 9.17) is 0 Å². The first-order valence-corrected chi connectivity index (χ1v) is 6.12. The van der Waals surface area contributed by atoms with Crippen LogP contribution in [0.1, 0.15) is 35.8 Å². The highest BCUT2D eigenvalue weighted by Gasteiger charge is 2.45. The molecule has 2 aliphatic heterocycles. The van der Waals surface area contributed by atoms with Crippen LogP contribution in [0.2, 0.25) is 0 Å². The van der Waals surface area contributed by atoms with Gasteiger partial charge >= 0.3 is 0 Å². The minimum absolute atomic E-state index is 0.0637. The van der Waals surface area contributed by atoms with E-state index in [0.29, 0.717) is 0 Å². The summed E-state index contributed by atoms with van der Waals surface area (Å²) in [5, 5.41) is 0. The van der Waals surface area contributed by atoms with Crippen LogP contribution >= 0.6 is 0 Å². The third kappa shape index (κ3) is 1.42. The van der Waals surface area contributed by atoms with Crippen molar-refractivity contribution >= 4 is 5.91 Å². The molecule has 1 fully saturated rings. The van der Waals surface area contributed by atoms with E-state index in [9.17, 15) is 4.79 Å². The molecule has 90 valence electrons. The van der Waals surface area contributed by atoms with Crippen molar-refractivity contribution in [3.8, 4) is 0 Å². The van der Waals surface area contributed by atoms with Crippen LogP contribution in [0.15, 0.2) is 24.3 Å². The second kappa shape index (κ2) is 3.33. The van der Waals surface area contributed by atoms with Gasteiger partial charge in [0.1, 0.15) is 0 Å². The molecule has 1 aromatic rings. The maximum absolute atomic E-state index is 12.3. The first-order chi connectivity index (χ1) is 8.00. The van der Waals surface area contributed by atoms with Crippen molar-refractivity contribution in [1.29, 1.82) is 0 Å². The summed E-state index contributed by atoms with van der Waals surface area (Å²) in [6.45, 7) is 6.12. The summed E-state index contributed by atoms with van der Waals surface area (Å²) in [7, 11) is 2.14. The van der Waals surface area contributed by atoms with Crippen LogP contribution in [-0.2, 0) is 0 Å². The highest BCUT2D eigenvalue weighted by molar-refractivity contribution is 5.99. The van der Waals surface area contributed by atoms with Gasteiger partial charge in [0, 0.05) is 24.2 Å². The Morgan fingerprint density at radius 1 is 1.29 bits per heavy atom. The SMILES string of the molecule is CN1CC2c3ccccc3C(=O)N2CC1(C)C. The number of hydrogen-bond donors (Lipinski definition) is 0. The number of piperazine rings is 1. The predicted molar refractivity (Wildman–Crippen MR) is 66.9 cm³/mol. The topological polar surface area (TPSA) is 23.6 Å². The van der Waals surface area contributed by atoms with Gasteiger partial charge in [-0.1, -0.05) is 18.2 Å². The van der Waals surface area contributed by atoms with Gasteiger partial charge in [0.05, 0.1) is 6.04 Å². The third-order valence-corrected chi connectivity index (χ3v) is 4.22. The van der Waals surface area contributed by atoms with Gasteiger partial charge in [-0.25, -0.2) is 0 Å². The zero-order valence-corrected chi connectivity index (χ0v) is 10.6. The van der Waals surface area contributed by atoms with Crippen molar-refractivity contribution < 1.29 is 4.79 Å². The zero-order chi connectivity index (χ0) is 12.2. The molecule has 1 unspecified atom stereocenters. The zero-order valence-electron chi connectivity index (χ0n) is 10.6. The fourth-order valence-corrected chi connectivity index (χ4v) is 2.87. The van der Waals surface area contributed by atoms with Gasteiger partial charge in [-0.05, 0) is 32.5 Å². The van der Waals surface area contributed by atoms with Crippen LogP contribution < -0.4 is 0 Å². The minimum atomic E-state index is 0.0637. The van der Waals surface area contributed by atoms with Crippen molar-refractivity contribution in [1.82, 2.24) is 9.80 Å². The standard InChI is InChI=1S/C14H18N2O/c1-14(2)9-16-12(8-15(14)3)10-6-4-5-7-11(10)13(16)17/h4-7,12H,8-9H2,1-3H3. The van der Waals surface area contributed by atoms with Gasteiger partial charge in [-0.3, -0.25) is 9.69 Å². The van der Waals surface area contributed by atoms with Gasteiger partial charge < -0.3 is 4.90 Å². The summed E-state index contributed by atoms with van der Waals surface area (Å²) in [5.41, 5.74) is 2.15. The van der Waals surface area contributed by atoms with Crippen molar-refractivity contribution in [3.63, 3.8) is 0 Å². The molecule has 1 atom stereocenters. The summed E-state index contributed by atoms with van der Waals surface area (Å²) in [5.74, 6) is 0.201. The number of likely N-dealkylation sites (N-methyl/N-ethyl adjacent to an activating group) is 1. The average molecular weight is 230 g/mol. The van der Waals surface area contributed by atoms with Crippen LogP contribution in [0.4, 0.5) is 0 Å². The molecular formula is C14H18N2O. The van der Waals surface area contributed by atoms with Crippen LogP contribution in [-0.4, -0.2) is 41.4 Å². The maximum atomic E-state index is 12.3. The van der Waals surface area contributed by atoms with Crippen molar-refractivity contribution in [2.45, 2.75) is 25.4 Å². The molecule has 0 aromatic heterocycles. The lowest BCUT2D eigenvalue weighted by atomic mass is 9.95. The highest BCUT2D eigenvalue weighted by atomic mass is 16.2. The average Bonchev–Trinajstić information content (AvgIpc) is 2.55. The summed E-state index contributed by atoms with van der Waals surface area (Å²) < 4.78 is 0. The van der Waals surface area contributed by atoms with E-state index in [1.165, 1.54) is 5.56 Å². The van der Waals surface area contributed by atoms with Crippen LogP contribution in [0.3, 0.4) is 0 Å². The smallest absolute Gasteiger partial charge is 0.254 e. The van der Waals surface area contributed by atoms with E-state index in [1.807, 2.05) is 23.1 Å². The Morgan fingerprint density at radius 3 is 2.76 bits per heavy atom. The highest BCUT2D eigenvalue weighted by Crippen LogP contribution is 2.39. The van der Waals surface area contributed by atoms with Crippen molar-refractivity contribution in [2.24, 2.45) is 0 Å². The van der Waals surface area contributed by atoms with Crippen LogP contribution in [0.25, 0.3) is 0 Å². The molecule has 3 rings (SSSR count). The summed E-state index contributed by atoms with van der Waals surface area (Å²) >= 11 is 0. The Bertz CT molecular complexity index is 481. The second-order valence-electron chi connectivity index (χ2n) is 5.73.